The number of aryl methyl sites for hydroxylation is 1. The number of carbonyl (C=O) groups excluding carboxylic acids is 1. The molecule has 0 aliphatic heterocycles. The Bertz CT molecular complexity index is 706. The van der Waals surface area contributed by atoms with Gasteiger partial charge in [-0.15, -0.1) is 0 Å². The van der Waals surface area contributed by atoms with Crippen LogP contribution in [0.3, 0.4) is 0 Å². The van der Waals surface area contributed by atoms with Gasteiger partial charge >= 0.3 is 5.97 Å². The molecule has 1 rings (SSSR count). The van der Waals surface area contributed by atoms with Crippen LogP contribution in [0.5, 0.6) is 0 Å². The standard InChI is InChI=1S/C12H13N3O5S/c1-8-2-3-9(5-13)4-10(8)21(19,20)15-6-11(16)14-7-12(17)18/h2-4,15H,6-7H2,1H3,(H,14,16)(H,17,18). The maximum Gasteiger partial charge on any atom is 0.322 e. The Kier molecular flexibility index (Phi) is 5.40. The van der Waals surface area contributed by atoms with Crippen molar-refractivity contribution in [2.75, 3.05) is 13.1 Å². The Morgan fingerprint density at radius 2 is 2.00 bits per heavy atom. The molecule has 0 saturated carbocycles. The lowest BCUT2D eigenvalue weighted by Crippen LogP contribution is -2.39. The maximum atomic E-state index is 12.0. The first-order valence-corrected chi connectivity index (χ1v) is 7.23. The highest BCUT2D eigenvalue weighted by atomic mass is 32.2. The molecule has 0 heterocycles. The van der Waals surface area contributed by atoms with Gasteiger partial charge in [0, 0.05) is 0 Å². The van der Waals surface area contributed by atoms with Crippen LogP contribution in [0, 0.1) is 18.3 Å². The van der Waals surface area contributed by atoms with Gasteiger partial charge in [0.25, 0.3) is 0 Å². The maximum absolute atomic E-state index is 12.0. The first kappa shape index (κ1) is 16.6. The van der Waals surface area contributed by atoms with Gasteiger partial charge in [0.15, 0.2) is 0 Å². The molecule has 0 fully saturated rings. The van der Waals surface area contributed by atoms with Crippen molar-refractivity contribution in [3.8, 4) is 6.07 Å². The van der Waals surface area contributed by atoms with E-state index in [1.54, 1.807) is 6.92 Å². The summed E-state index contributed by atoms with van der Waals surface area (Å²) in [5.41, 5.74) is 0.601. The fraction of sp³-hybridized carbons (Fsp3) is 0.250. The number of amides is 1. The van der Waals surface area contributed by atoms with Crippen molar-refractivity contribution in [2.24, 2.45) is 0 Å². The Labute approximate surface area is 121 Å². The summed E-state index contributed by atoms with van der Waals surface area (Å²) in [7, 11) is -3.97. The zero-order chi connectivity index (χ0) is 16.0. The lowest BCUT2D eigenvalue weighted by Gasteiger charge is -2.09. The molecule has 0 spiro atoms. The zero-order valence-electron chi connectivity index (χ0n) is 11.1. The van der Waals surface area contributed by atoms with Crippen LogP contribution in [-0.4, -0.2) is 38.5 Å². The molecule has 1 aromatic carbocycles. The number of carboxylic acid groups (broad SMARTS) is 1. The molecular formula is C12H13N3O5S. The summed E-state index contributed by atoms with van der Waals surface area (Å²) >= 11 is 0. The van der Waals surface area contributed by atoms with Crippen molar-refractivity contribution in [2.45, 2.75) is 11.8 Å². The van der Waals surface area contributed by atoms with E-state index in [-0.39, 0.29) is 10.5 Å². The van der Waals surface area contributed by atoms with Gasteiger partial charge in [0.05, 0.1) is 23.1 Å². The smallest absolute Gasteiger partial charge is 0.322 e. The van der Waals surface area contributed by atoms with E-state index in [9.17, 15) is 18.0 Å². The van der Waals surface area contributed by atoms with Gasteiger partial charge < -0.3 is 10.4 Å². The van der Waals surface area contributed by atoms with Crippen LogP contribution in [0.4, 0.5) is 0 Å². The van der Waals surface area contributed by atoms with Crippen molar-refractivity contribution < 1.29 is 23.1 Å². The van der Waals surface area contributed by atoms with Crippen molar-refractivity contribution in [1.82, 2.24) is 10.0 Å². The van der Waals surface area contributed by atoms with Crippen LogP contribution in [0.15, 0.2) is 23.1 Å². The van der Waals surface area contributed by atoms with Gasteiger partial charge in [-0.05, 0) is 24.6 Å². The summed E-state index contributed by atoms with van der Waals surface area (Å²) in [4.78, 5) is 21.4. The summed E-state index contributed by atoms with van der Waals surface area (Å²) in [6.07, 6.45) is 0. The van der Waals surface area contributed by atoms with Gasteiger partial charge in [-0.25, -0.2) is 13.1 Å². The lowest BCUT2D eigenvalue weighted by molar-refractivity contribution is -0.137. The summed E-state index contributed by atoms with van der Waals surface area (Å²) in [6.45, 7) is 0.371. The van der Waals surface area contributed by atoms with E-state index in [0.29, 0.717) is 5.56 Å². The van der Waals surface area contributed by atoms with Crippen LogP contribution in [0.1, 0.15) is 11.1 Å². The average Bonchev–Trinajstić information content (AvgIpc) is 2.43. The SMILES string of the molecule is Cc1ccc(C#N)cc1S(=O)(=O)NCC(=O)NCC(=O)O. The molecule has 0 aliphatic rings. The second-order valence-electron chi connectivity index (χ2n) is 4.09. The molecular weight excluding hydrogens is 298 g/mol. The molecule has 1 aromatic rings. The summed E-state index contributed by atoms with van der Waals surface area (Å²) in [6, 6.07) is 5.99. The van der Waals surface area contributed by atoms with E-state index in [0.717, 1.165) is 0 Å². The predicted octanol–water partition coefficient (Wildman–Crippen LogP) is -0.654. The average molecular weight is 311 g/mol. The molecule has 0 atom stereocenters. The number of nitrogens with one attached hydrogen (secondary N) is 2. The van der Waals surface area contributed by atoms with E-state index in [1.807, 2.05) is 16.1 Å². The van der Waals surface area contributed by atoms with Gasteiger partial charge in [0.1, 0.15) is 6.54 Å². The molecule has 21 heavy (non-hydrogen) atoms. The van der Waals surface area contributed by atoms with E-state index in [1.165, 1.54) is 18.2 Å². The number of carbonyl (C=O) groups is 2. The Hall–Kier alpha value is -2.44. The van der Waals surface area contributed by atoms with Gasteiger partial charge in [0.2, 0.25) is 15.9 Å². The van der Waals surface area contributed by atoms with Crippen molar-refractivity contribution >= 4 is 21.9 Å². The zero-order valence-corrected chi connectivity index (χ0v) is 11.9. The monoisotopic (exact) mass is 311 g/mol. The molecule has 0 aromatic heterocycles. The highest BCUT2D eigenvalue weighted by Crippen LogP contribution is 2.16. The van der Waals surface area contributed by atoms with Crippen LogP contribution < -0.4 is 10.0 Å². The molecule has 8 nitrogen and oxygen atoms in total. The number of nitrogens with zero attached hydrogens (tertiary/aromatic N) is 1. The highest BCUT2D eigenvalue weighted by Gasteiger charge is 2.18. The molecule has 3 N–H and O–H groups in total. The van der Waals surface area contributed by atoms with Crippen molar-refractivity contribution in [3.05, 3.63) is 29.3 Å². The van der Waals surface area contributed by atoms with E-state index in [4.69, 9.17) is 10.4 Å². The first-order chi connectivity index (χ1) is 9.76. The fourth-order valence-corrected chi connectivity index (χ4v) is 2.68. The number of sulfonamides is 1. The topological polar surface area (TPSA) is 136 Å². The summed E-state index contributed by atoms with van der Waals surface area (Å²) in [5.74, 6) is -2.00. The number of rotatable bonds is 6. The molecule has 9 heteroatoms. The van der Waals surface area contributed by atoms with E-state index < -0.39 is 35.0 Å². The first-order valence-electron chi connectivity index (χ1n) is 5.75. The quantitative estimate of drug-likeness (QED) is 0.638. The molecule has 0 radical (unpaired) electrons. The highest BCUT2D eigenvalue weighted by molar-refractivity contribution is 7.89. The van der Waals surface area contributed by atoms with Crippen LogP contribution in [0.2, 0.25) is 0 Å². The Morgan fingerprint density at radius 3 is 2.57 bits per heavy atom. The molecule has 0 bridgehead atoms. The van der Waals surface area contributed by atoms with Crippen molar-refractivity contribution in [3.63, 3.8) is 0 Å². The Morgan fingerprint density at radius 1 is 1.33 bits per heavy atom. The second kappa shape index (κ2) is 6.83. The fourth-order valence-electron chi connectivity index (χ4n) is 1.43. The minimum absolute atomic E-state index is 0.104. The van der Waals surface area contributed by atoms with Crippen LogP contribution >= 0.6 is 0 Å². The second-order valence-corrected chi connectivity index (χ2v) is 5.82. The molecule has 1 amide bonds. The van der Waals surface area contributed by atoms with Crippen LogP contribution in [0.25, 0.3) is 0 Å². The minimum atomic E-state index is -3.97. The summed E-state index contributed by atoms with van der Waals surface area (Å²) in [5, 5.41) is 19.2. The molecule has 0 unspecified atom stereocenters. The molecule has 0 saturated heterocycles. The van der Waals surface area contributed by atoms with E-state index in [2.05, 4.69) is 0 Å². The van der Waals surface area contributed by atoms with Gasteiger partial charge in [-0.3, -0.25) is 9.59 Å². The molecule has 0 aliphatic carbocycles. The summed E-state index contributed by atoms with van der Waals surface area (Å²) < 4.78 is 26.1. The normalized spacial score (nSPS) is 10.7. The molecule has 112 valence electrons. The van der Waals surface area contributed by atoms with Gasteiger partial charge in [-0.2, -0.15) is 5.26 Å². The third kappa shape index (κ3) is 4.87. The number of carboxylic acids is 1. The Balaban J connectivity index is 2.81. The van der Waals surface area contributed by atoms with E-state index >= 15 is 0 Å². The largest absolute Gasteiger partial charge is 0.480 e. The van der Waals surface area contributed by atoms with Crippen LogP contribution in [-0.2, 0) is 19.6 Å². The third-order valence-electron chi connectivity index (χ3n) is 2.47. The number of nitriles is 1. The number of hydrogen-bond acceptors (Lipinski definition) is 5. The number of hydrogen-bond donors (Lipinski definition) is 3. The number of benzene rings is 1. The predicted molar refractivity (Wildman–Crippen MR) is 71.7 cm³/mol. The minimum Gasteiger partial charge on any atom is -0.480 e. The lowest BCUT2D eigenvalue weighted by atomic mass is 10.2. The third-order valence-corrected chi connectivity index (χ3v) is 4.01. The van der Waals surface area contributed by atoms with Gasteiger partial charge in [-0.1, -0.05) is 6.07 Å². The number of aliphatic carboxylic acids is 1. The van der Waals surface area contributed by atoms with Crippen molar-refractivity contribution in [1.29, 1.82) is 5.26 Å².